The maximum absolute atomic E-state index is 6.03. The van der Waals surface area contributed by atoms with E-state index in [1.165, 1.54) is 0 Å². The van der Waals surface area contributed by atoms with Crippen LogP contribution < -0.4 is 10.6 Å². The van der Waals surface area contributed by atoms with Crippen LogP contribution in [-0.2, 0) is 4.74 Å². The molecule has 1 aromatic carbocycles. The second-order valence-corrected chi connectivity index (χ2v) is 5.67. The third-order valence-electron chi connectivity index (χ3n) is 2.84. The van der Waals surface area contributed by atoms with Gasteiger partial charge in [0, 0.05) is 13.1 Å². The first-order valence-corrected chi connectivity index (χ1v) is 6.28. The molecule has 0 saturated carbocycles. The molecule has 0 radical (unpaired) electrons. The fraction of sp³-hybridized carbons (Fsp3) is 0.500. The number of anilines is 2. The van der Waals surface area contributed by atoms with Gasteiger partial charge in [0.05, 0.1) is 33.6 Å². The van der Waals surface area contributed by atoms with Gasteiger partial charge in [-0.2, -0.15) is 0 Å². The Morgan fingerprint density at radius 2 is 1.94 bits per heavy atom. The number of nitrogen functional groups attached to an aromatic ring is 1. The summed E-state index contributed by atoms with van der Waals surface area (Å²) in [5.74, 6) is 0. The fourth-order valence-corrected chi connectivity index (χ4v) is 2.38. The highest BCUT2D eigenvalue weighted by molar-refractivity contribution is 6.42. The van der Waals surface area contributed by atoms with Gasteiger partial charge in [0.2, 0.25) is 0 Å². The molecule has 0 atom stereocenters. The number of hydrogen-bond donors (Lipinski definition) is 1. The van der Waals surface area contributed by atoms with E-state index < -0.39 is 0 Å². The molecule has 1 aliphatic rings. The molecule has 17 heavy (non-hydrogen) atoms. The minimum absolute atomic E-state index is 0.170. The summed E-state index contributed by atoms with van der Waals surface area (Å²) in [5.41, 5.74) is 7.39. The Morgan fingerprint density at radius 1 is 1.29 bits per heavy atom. The van der Waals surface area contributed by atoms with E-state index in [0.29, 0.717) is 22.3 Å². The molecule has 2 N–H and O–H groups in total. The number of hydrogen-bond acceptors (Lipinski definition) is 3. The summed E-state index contributed by atoms with van der Waals surface area (Å²) < 4.78 is 5.67. The lowest BCUT2D eigenvalue weighted by Gasteiger charge is -2.40. The Bertz CT molecular complexity index is 435. The average molecular weight is 275 g/mol. The molecule has 94 valence electrons. The van der Waals surface area contributed by atoms with Crippen molar-refractivity contribution in [3.8, 4) is 0 Å². The molecule has 1 saturated heterocycles. The first kappa shape index (κ1) is 12.8. The second kappa shape index (κ2) is 4.56. The molecule has 2 rings (SSSR count). The molecule has 0 amide bonds. The summed E-state index contributed by atoms with van der Waals surface area (Å²) in [6.07, 6.45) is 0. The van der Waals surface area contributed by atoms with Gasteiger partial charge >= 0.3 is 0 Å². The third kappa shape index (κ3) is 2.79. The van der Waals surface area contributed by atoms with E-state index in [1.54, 1.807) is 6.07 Å². The van der Waals surface area contributed by atoms with Crippen LogP contribution in [-0.4, -0.2) is 25.3 Å². The molecule has 3 nitrogen and oxygen atoms in total. The van der Waals surface area contributed by atoms with E-state index >= 15 is 0 Å². The SMILES string of the molecule is CC1(C)CN(c2cc(Cl)c(Cl)cc2N)CCO1. The number of rotatable bonds is 1. The van der Waals surface area contributed by atoms with E-state index in [0.717, 1.165) is 18.8 Å². The van der Waals surface area contributed by atoms with Crippen molar-refractivity contribution >= 4 is 34.6 Å². The van der Waals surface area contributed by atoms with Gasteiger partial charge in [-0.25, -0.2) is 0 Å². The summed E-state index contributed by atoms with van der Waals surface area (Å²) in [4.78, 5) is 2.18. The molecule has 0 unspecified atom stereocenters. The van der Waals surface area contributed by atoms with Crippen molar-refractivity contribution in [2.24, 2.45) is 0 Å². The molecular formula is C12H16Cl2N2O. The Balaban J connectivity index is 2.31. The Morgan fingerprint density at radius 3 is 2.59 bits per heavy atom. The van der Waals surface area contributed by atoms with Crippen LogP contribution in [0.3, 0.4) is 0 Å². The van der Waals surface area contributed by atoms with Crippen LogP contribution in [0.15, 0.2) is 12.1 Å². The number of morpholine rings is 1. The van der Waals surface area contributed by atoms with Crippen molar-refractivity contribution in [3.05, 3.63) is 22.2 Å². The Hall–Kier alpha value is -0.640. The van der Waals surface area contributed by atoms with Gasteiger partial charge in [-0.15, -0.1) is 0 Å². The van der Waals surface area contributed by atoms with Crippen LogP contribution in [0.5, 0.6) is 0 Å². The molecule has 5 heteroatoms. The minimum Gasteiger partial charge on any atom is -0.397 e. The predicted octanol–water partition coefficient (Wildman–Crippen LogP) is 3.19. The van der Waals surface area contributed by atoms with Gasteiger partial charge in [0.15, 0.2) is 0 Å². The number of nitrogens with two attached hydrogens (primary N) is 1. The summed E-state index contributed by atoms with van der Waals surface area (Å²) in [5, 5.41) is 1.01. The normalized spacial score (nSPS) is 19.4. The highest BCUT2D eigenvalue weighted by atomic mass is 35.5. The van der Waals surface area contributed by atoms with Crippen LogP contribution in [0, 0.1) is 0 Å². The van der Waals surface area contributed by atoms with E-state index in [1.807, 2.05) is 6.07 Å². The largest absolute Gasteiger partial charge is 0.397 e. The van der Waals surface area contributed by atoms with Gasteiger partial charge in [-0.05, 0) is 26.0 Å². The van der Waals surface area contributed by atoms with Gasteiger partial charge in [-0.1, -0.05) is 23.2 Å². The zero-order valence-corrected chi connectivity index (χ0v) is 11.5. The van der Waals surface area contributed by atoms with Crippen molar-refractivity contribution in [2.75, 3.05) is 30.3 Å². The van der Waals surface area contributed by atoms with E-state index in [4.69, 9.17) is 33.7 Å². The lowest BCUT2D eigenvalue weighted by Crippen LogP contribution is -2.48. The number of nitrogens with zero attached hydrogens (tertiary/aromatic N) is 1. The molecular weight excluding hydrogens is 259 g/mol. The summed E-state index contributed by atoms with van der Waals surface area (Å²) >= 11 is 12.0. The first-order valence-electron chi connectivity index (χ1n) is 5.52. The van der Waals surface area contributed by atoms with Gasteiger partial charge < -0.3 is 15.4 Å². The van der Waals surface area contributed by atoms with Crippen LogP contribution in [0.4, 0.5) is 11.4 Å². The standard InChI is InChI=1S/C12H16Cl2N2O/c1-12(2)7-16(3-4-17-12)11-6-9(14)8(13)5-10(11)15/h5-6H,3-4,7,15H2,1-2H3. The molecule has 0 aromatic heterocycles. The van der Waals surface area contributed by atoms with Gasteiger partial charge in [0.1, 0.15) is 0 Å². The first-order chi connectivity index (χ1) is 7.89. The quantitative estimate of drug-likeness (QED) is 0.800. The molecule has 0 spiro atoms. The highest BCUT2D eigenvalue weighted by Crippen LogP contribution is 2.34. The van der Waals surface area contributed by atoms with Crippen LogP contribution in [0.25, 0.3) is 0 Å². The molecule has 1 heterocycles. The van der Waals surface area contributed by atoms with E-state index in [2.05, 4.69) is 18.7 Å². The van der Waals surface area contributed by atoms with Crippen LogP contribution in [0.1, 0.15) is 13.8 Å². The minimum atomic E-state index is -0.170. The van der Waals surface area contributed by atoms with Crippen molar-refractivity contribution in [1.29, 1.82) is 0 Å². The van der Waals surface area contributed by atoms with Gasteiger partial charge in [-0.3, -0.25) is 0 Å². The zero-order valence-electron chi connectivity index (χ0n) is 9.96. The molecule has 1 fully saturated rings. The van der Waals surface area contributed by atoms with Crippen molar-refractivity contribution in [3.63, 3.8) is 0 Å². The lowest BCUT2D eigenvalue weighted by molar-refractivity contribution is -0.0276. The molecule has 0 bridgehead atoms. The number of benzene rings is 1. The molecule has 0 aliphatic carbocycles. The number of halogens is 2. The van der Waals surface area contributed by atoms with Crippen LogP contribution in [0.2, 0.25) is 10.0 Å². The smallest absolute Gasteiger partial charge is 0.0801 e. The predicted molar refractivity (Wildman–Crippen MR) is 73.1 cm³/mol. The lowest BCUT2D eigenvalue weighted by atomic mass is 10.1. The number of ether oxygens (including phenoxy) is 1. The summed E-state index contributed by atoms with van der Waals surface area (Å²) in [7, 11) is 0. The zero-order chi connectivity index (χ0) is 12.6. The average Bonchev–Trinajstić information content (AvgIpc) is 2.22. The summed E-state index contributed by atoms with van der Waals surface area (Å²) in [6, 6.07) is 3.52. The van der Waals surface area contributed by atoms with Gasteiger partial charge in [0.25, 0.3) is 0 Å². The van der Waals surface area contributed by atoms with Crippen LogP contribution >= 0.6 is 23.2 Å². The molecule has 1 aliphatic heterocycles. The van der Waals surface area contributed by atoms with Crippen molar-refractivity contribution in [1.82, 2.24) is 0 Å². The highest BCUT2D eigenvalue weighted by Gasteiger charge is 2.28. The summed E-state index contributed by atoms with van der Waals surface area (Å²) in [6.45, 7) is 6.41. The maximum atomic E-state index is 6.03. The monoisotopic (exact) mass is 274 g/mol. The topological polar surface area (TPSA) is 38.5 Å². The maximum Gasteiger partial charge on any atom is 0.0801 e. The van der Waals surface area contributed by atoms with Crippen molar-refractivity contribution < 1.29 is 4.74 Å². The Labute approximate surface area is 111 Å². The second-order valence-electron chi connectivity index (χ2n) is 4.85. The van der Waals surface area contributed by atoms with Crippen molar-refractivity contribution in [2.45, 2.75) is 19.4 Å². The van der Waals surface area contributed by atoms with E-state index in [9.17, 15) is 0 Å². The fourth-order valence-electron chi connectivity index (χ4n) is 2.05. The Kier molecular flexibility index (Phi) is 3.43. The molecule has 1 aromatic rings. The third-order valence-corrected chi connectivity index (χ3v) is 3.56. The van der Waals surface area contributed by atoms with E-state index in [-0.39, 0.29) is 5.60 Å².